The van der Waals surface area contributed by atoms with Gasteiger partial charge < -0.3 is 14.4 Å². The maximum atomic E-state index is 12.5. The summed E-state index contributed by atoms with van der Waals surface area (Å²) >= 11 is 0. The van der Waals surface area contributed by atoms with E-state index in [0.717, 1.165) is 31.6 Å². The van der Waals surface area contributed by atoms with Gasteiger partial charge in [0, 0.05) is 25.6 Å². The van der Waals surface area contributed by atoms with Crippen molar-refractivity contribution in [3.63, 3.8) is 0 Å². The van der Waals surface area contributed by atoms with Crippen LogP contribution in [0.5, 0.6) is 0 Å². The number of hydrogen-bond donors (Lipinski definition) is 1. The quantitative estimate of drug-likeness (QED) is 0.925. The van der Waals surface area contributed by atoms with Crippen molar-refractivity contribution >= 4 is 11.9 Å². The van der Waals surface area contributed by atoms with Crippen molar-refractivity contribution in [1.29, 1.82) is 0 Å². The summed E-state index contributed by atoms with van der Waals surface area (Å²) in [6.45, 7) is 4.04. The number of hydrogen-bond acceptors (Lipinski definition) is 3. The average Bonchev–Trinajstić information content (AvgIpc) is 2.91. The van der Waals surface area contributed by atoms with E-state index in [9.17, 15) is 9.59 Å². The molecular weight excluding hydrogens is 270 g/mol. The lowest BCUT2D eigenvalue weighted by molar-refractivity contribution is 0.0644. The van der Waals surface area contributed by atoms with Gasteiger partial charge in [0.1, 0.15) is 11.3 Å². The Balaban J connectivity index is 2.14. The average molecular weight is 293 g/mol. The molecule has 0 aliphatic heterocycles. The summed E-state index contributed by atoms with van der Waals surface area (Å²) in [5.74, 6) is -0.0684. The largest absolute Gasteiger partial charge is 0.478 e. The number of aryl methyl sites for hydroxylation is 1. The fourth-order valence-electron chi connectivity index (χ4n) is 2.95. The molecule has 0 unspecified atom stereocenters. The van der Waals surface area contributed by atoms with Crippen LogP contribution in [0.4, 0.5) is 0 Å². The molecule has 2 rings (SSSR count). The van der Waals surface area contributed by atoms with Crippen molar-refractivity contribution in [3.05, 3.63) is 23.2 Å². The number of rotatable bonds is 4. The highest BCUT2D eigenvalue weighted by molar-refractivity contribution is 5.96. The van der Waals surface area contributed by atoms with Crippen LogP contribution in [-0.2, 0) is 6.42 Å². The van der Waals surface area contributed by atoms with Crippen LogP contribution in [0.25, 0.3) is 0 Å². The molecule has 5 heteroatoms. The summed E-state index contributed by atoms with van der Waals surface area (Å²) in [6, 6.07) is 1.57. The first-order valence-electron chi connectivity index (χ1n) is 7.57. The highest BCUT2D eigenvalue weighted by atomic mass is 16.4. The Kier molecular flexibility index (Phi) is 4.70. The Hall–Kier alpha value is -1.78. The van der Waals surface area contributed by atoms with Gasteiger partial charge in [-0.25, -0.2) is 4.79 Å². The first-order valence-corrected chi connectivity index (χ1v) is 7.57. The van der Waals surface area contributed by atoms with Crippen molar-refractivity contribution in [2.75, 3.05) is 7.05 Å². The smallest absolute Gasteiger partial charge is 0.339 e. The zero-order valence-corrected chi connectivity index (χ0v) is 12.9. The summed E-state index contributed by atoms with van der Waals surface area (Å²) < 4.78 is 5.45. The Morgan fingerprint density at radius 2 is 1.95 bits per heavy atom. The molecule has 1 aliphatic carbocycles. The van der Waals surface area contributed by atoms with Gasteiger partial charge in [0.2, 0.25) is 0 Å². The third-order valence-corrected chi connectivity index (χ3v) is 4.42. The van der Waals surface area contributed by atoms with Crippen molar-refractivity contribution < 1.29 is 19.1 Å². The summed E-state index contributed by atoms with van der Waals surface area (Å²) in [5.41, 5.74) is 0.0894. The molecule has 0 radical (unpaired) electrons. The molecule has 5 nitrogen and oxygen atoms in total. The lowest BCUT2D eigenvalue weighted by Gasteiger charge is -2.33. The first-order chi connectivity index (χ1) is 9.93. The van der Waals surface area contributed by atoms with E-state index in [4.69, 9.17) is 9.52 Å². The van der Waals surface area contributed by atoms with Crippen LogP contribution in [-0.4, -0.2) is 35.0 Å². The molecule has 0 bridgehead atoms. The van der Waals surface area contributed by atoms with Gasteiger partial charge in [0.25, 0.3) is 5.91 Å². The number of amides is 1. The molecule has 1 N–H and O–H groups in total. The molecule has 1 fully saturated rings. The second-order valence-electron chi connectivity index (χ2n) is 5.94. The van der Waals surface area contributed by atoms with Crippen LogP contribution in [0.3, 0.4) is 0 Å². The second-order valence-corrected chi connectivity index (χ2v) is 5.94. The molecule has 1 aromatic rings. The van der Waals surface area contributed by atoms with Crippen molar-refractivity contribution in [2.45, 2.75) is 52.0 Å². The van der Waals surface area contributed by atoms with Crippen LogP contribution in [0.2, 0.25) is 0 Å². The Bertz CT molecular complexity index is 526. The predicted molar refractivity (Wildman–Crippen MR) is 78.6 cm³/mol. The molecule has 21 heavy (non-hydrogen) atoms. The van der Waals surface area contributed by atoms with Gasteiger partial charge in [0.15, 0.2) is 5.76 Å². The lowest BCUT2D eigenvalue weighted by Crippen LogP contribution is -2.39. The van der Waals surface area contributed by atoms with Crippen molar-refractivity contribution in [1.82, 2.24) is 4.90 Å². The monoisotopic (exact) mass is 293 g/mol. The van der Waals surface area contributed by atoms with Gasteiger partial charge in [-0.05, 0) is 31.6 Å². The van der Waals surface area contributed by atoms with E-state index >= 15 is 0 Å². The molecule has 0 atom stereocenters. The van der Waals surface area contributed by atoms with Crippen LogP contribution in [0.1, 0.15) is 66.2 Å². The number of carbonyl (C=O) groups is 2. The van der Waals surface area contributed by atoms with Crippen molar-refractivity contribution in [3.8, 4) is 0 Å². The van der Waals surface area contributed by atoms with Crippen molar-refractivity contribution in [2.24, 2.45) is 5.92 Å². The van der Waals surface area contributed by atoms with Gasteiger partial charge in [-0.15, -0.1) is 0 Å². The van der Waals surface area contributed by atoms with Crippen LogP contribution < -0.4 is 0 Å². The fraction of sp³-hybridized carbons (Fsp3) is 0.625. The number of carboxylic acids is 1. The van der Waals surface area contributed by atoms with E-state index in [1.165, 1.54) is 6.07 Å². The third kappa shape index (κ3) is 3.28. The summed E-state index contributed by atoms with van der Waals surface area (Å²) in [5, 5.41) is 9.12. The zero-order valence-electron chi connectivity index (χ0n) is 12.9. The van der Waals surface area contributed by atoms with E-state index in [1.807, 2.05) is 6.92 Å². The third-order valence-electron chi connectivity index (χ3n) is 4.42. The number of nitrogens with zero attached hydrogens (tertiary/aromatic N) is 1. The summed E-state index contributed by atoms with van der Waals surface area (Å²) in [4.78, 5) is 25.3. The highest BCUT2D eigenvalue weighted by Gasteiger charge is 2.28. The van der Waals surface area contributed by atoms with E-state index in [1.54, 1.807) is 11.9 Å². The molecule has 1 amide bonds. The number of furan rings is 1. The minimum Gasteiger partial charge on any atom is -0.478 e. The number of carboxylic acid groups (broad SMARTS) is 1. The maximum Gasteiger partial charge on any atom is 0.339 e. The zero-order chi connectivity index (χ0) is 15.6. The van der Waals surface area contributed by atoms with Gasteiger partial charge in [-0.2, -0.15) is 0 Å². The van der Waals surface area contributed by atoms with Gasteiger partial charge >= 0.3 is 5.97 Å². The number of carbonyl (C=O) groups excluding carboxylic acids is 1. The fourth-order valence-corrected chi connectivity index (χ4v) is 2.95. The summed E-state index contributed by atoms with van der Waals surface area (Å²) in [7, 11) is 1.78. The second kappa shape index (κ2) is 6.33. The normalized spacial score (nSPS) is 22.0. The molecule has 0 saturated heterocycles. The maximum absolute atomic E-state index is 12.5. The highest BCUT2D eigenvalue weighted by Crippen LogP contribution is 2.28. The van der Waals surface area contributed by atoms with E-state index < -0.39 is 5.97 Å². The van der Waals surface area contributed by atoms with Crippen LogP contribution in [0.15, 0.2) is 10.5 Å². The van der Waals surface area contributed by atoms with Crippen LogP contribution in [0, 0.1) is 5.92 Å². The first kappa shape index (κ1) is 15.6. The molecule has 1 heterocycles. The molecule has 0 aromatic carbocycles. The van der Waals surface area contributed by atoms with Crippen LogP contribution >= 0.6 is 0 Å². The molecular formula is C16H23NO4. The van der Waals surface area contributed by atoms with Gasteiger partial charge in [-0.3, -0.25) is 4.79 Å². The van der Waals surface area contributed by atoms with Gasteiger partial charge in [0.05, 0.1) is 0 Å². The Morgan fingerprint density at radius 1 is 1.33 bits per heavy atom. The minimum absolute atomic E-state index is 0.0894. The Labute approximate surface area is 124 Å². The van der Waals surface area contributed by atoms with Gasteiger partial charge in [-0.1, -0.05) is 13.8 Å². The lowest BCUT2D eigenvalue weighted by atomic mass is 9.86. The molecule has 0 spiro atoms. The predicted octanol–water partition coefficient (Wildman–Crippen LogP) is 3.19. The minimum atomic E-state index is -1.05. The molecule has 1 aromatic heterocycles. The van der Waals surface area contributed by atoms with E-state index in [-0.39, 0.29) is 23.3 Å². The molecule has 1 aliphatic rings. The molecule has 116 valence electrons. The van der Waals surface area contributed by atoms with E-state index in [0.29, 0.717) is 12.2 Å². The number of aromatic carboxylic acids is 1. The van der Waals surface area contributed by atoms with E-state index in [2.05, 4.69) is 6.92 Å². The topological polar surface area (TPSA) is 70.8 Å². The summed E-state index contributed by atoms with van der Waals surface area (Å²) in [6.07, 6.45) is 4.70. The molecule has 1 saturated carbocycles. The Morgan fingerprint density at radius 3 is 2.43 bits per heavy atom. The standard InChI is InChI=1S/C16H23NO4/c1-4-13-12(16(19)20)9-14(21-13)15(18)17(3)11-7-5-10(2)6-8-11/h9-11H,4-8H2,1-3H3,(H,19,20). The SMILES string of the molecule is CCc1oc(C(=O)N(C)C2CCC(C)CC2)cc1C(=O)O.